The van der Waals surface area contributed by atoms with Gasteiger partial charge in [-0.1, -0.05) is 38.1 Å². The molecule has 2 nitrogen and oxygen atoms in total. The quantitative estimate of drug-likeness (QED) is 0.708. The van der Waals surface area contributed by atoms with Crippen LogP contribution in [0.4, 0.5) is 0 Å². The lowest BCUT2D eigenvalue weighted by Crippen LogP contribution is -1.97. The summed E-state index contributed by atoms with van der Waals surface area (Å²) in [4.78, 5) is 10.8. The molecule has 0 aliphatic rings. The monoisotopic (exact) mass is 179 g/mol. The molecular formula is C11H17NO. The first-order valence-corrected chi connectivity index (χ1v) is 4.54. The Balaban J connectivity index is 0.000000671. The number of benzene rings is 1. The van der Waals surface area contributed by atoms with E-state index in [-0.39, 0.29) is 5.78 Å². The summed E-state index contributed by atoms with van der Waals surface area (Å²) in [5.74, 6) is 0.0913. The lowest BCUT2D eigenvalue weighted by Gasteiger charge is -1.97. The van der Waals surface area contributed by atoms with E-state index in [1.165, 1.54) is 0 Å². The molecule has 72 valence electrons. The van der Waals surface area contributed by atoms with Crippen LogP contribution in [0.1, 0.15) is 36.7 Å². The van der Waals surface area contributed by atoms with Crippen LogP contribution >= 0.6 is 0 Å². The second kappa shape index (κ2) is 6.38. The molecule has 1 aromatic carbocycles. The van der Waals surface area contributed by atoms with Crippen molar-refractivity contribution in [1.29, 1.82) is 0 Å². The number of Topliss-reactive ketones (excluding diaryl/α,β-unsaturated/α-hetero) is 1. The van der Waals surface area contributed by atoms with E-state index in [1.54, 1.807) is 19.1 Å². The Morgan fingerprint density at radius 1 is 1.23 bits per heavy atom. The Bertz CT molecular complexity index is 251. The molecular weight excluding hydrogens is 162 g/mol. The van der Waals surface area contributed by atoms with E-state index in [1.807, 2.05) is 26.0 Å². The van der Waals surface area contributed by atoms with Gasteiger partial charge in [0, 0.05) is 12.1 Å². The van der Waals surface area contributed by atoms with E-state index in [0.29, 0.717) is 6.54 Å². The third-order valence-corrected chi connectivity index (χ3v) is 1.60. The van der Waals surface area contributed by atoms with Crippen molar-refractivity contribution in [3.8, 4) is 0 Å². The van der Waals surface area contributed by atoms with E-state index in [0.717, 1.165) is 11.1 Å². The fraction of sp³-hybridized carbons (Fsp3) is 0.364. The van der Waals surface area contributed by atoms with Crippen molar-refractivity contribution < 1.29 is 4.79 Å². The Kier molecular flexibility index (Phi) is 5.81. The first-order valence-electron chi connectivity index (χ1n) is 4.54. The number of ketones is 1. The molecule has 0 atom stereocenters. The van der Waals surface area contributed by atoms with Crippen molar-refractivity contribution >= 4 is 5.78 Å². The summed E-state index contributed by atoms with van der Waals surface area (Å²) in [5.41, 5.74) is 7.18. The Hall–Kier alpha value is -1.15. The number of hydrogen-bond donors (Lipinski definition) is 1. The molecule has 0 unspecified atom stereocenters. The van der Waals surface area contributed by atoms with Gasteiger partial charge in [-0.05, 0) is 12.5 Å². The van der Waals surface area contributed by atoms with E-state index < -0.39 is 0 Å². The lowest BCUT2D eigenvalue weighted by atomic mass is 10.1. The van der Waals surface area contributed by atoms with Crippen molar-refractivity contribution in [3.63, 3.8) is 0 Å². The molecule has 13 heavy (non-hydrogen) atoms. The first-order chi connectivity index (χ1) is 6.24. The molecule has 0 aliphatic heterocycles. The van der Waals surface area contributed by atoms with E-state index in [4.69, 9.17) is 5.73 Å². The minimum atomic E-state index is 0.0913. The molecule has 1 rings (SSSR count). The first kappa shape index (κ1) is 11.8. The van der Waals surface area contributed by atoms with Crippen LogP contribution in [0, 0.1) is 0 Å². The highest BCUT2D eigenvalue weighted by Gasteiger charge is 1.96. The van der Waals surface area contributed by atoms with Crippen LogP contribution < -0.4 is 5.73 Å². The SMILES string of the molecule is CC.CC(=O)c1ccc(CN)cc1. The summed E-state index contributed by atoms with van der Waals surface area (Å²) in [6.45, 7) is 6.08. The van der Waals surface area contributed by atoms with Crippen molar-refractivity contribution in [2.24, 2.45) is 5.73 Å². The third kappa shape index (κ3) is 3.85. The second-order valence-corrected chi connectivity index (χ2v) is 2.46. The lowest BCUT2D eigenvalue weighted by molar-refractivity contribution is 0.101. The molecule has 0 radical (unpaired) electrons. The Morgan fingerprint density at radius 2 is 1.69 bits per heavy atom. The van der Waals surface area contributed by atoms with Crippen LogP contribution in [-0.4, -0.2) is 5.78 Å². The molecule has 0 spiro atoms. The van der Waals surface area contributed by atoms with Crippen LogP contribution in [0.25, 0.3) is 0 Å². The zero-order valence-corrected chi connectivity index (χ0v) is 8.50. The van der Waals surface area contributed by atoms with Crippen LogP contribution in [0.3, 0.4) is 0 Å². The summed E-state index contributed by atoms with van der Waals surface area (Å²) in [7, 11) is 0. The zero-order chi connectivity index (χ0) is 10.3. The van der Waals surface area contributed by atoms with Gasteiger partial charge in [0.15, 0.2) is 5.78 Å². The van der Waals surface area contributed by atoms with Crippen LogP contribution in [0.15, 0.2) is 24.3 Å². The Morgan fingerprint density at radius 3 is 2.00 bits per heavy atom. The molecule has 0 amide bonds. The summed E-state index contributed by atoms with van der Waals surface area (Å²) in [6.07, 6.45) is 0. The van der Waals surface area contributed by atoms with Gasteiger partial charge in [0.25, 0.3) is 0 Å². The predicted octanol–water partition coefficient (Wildman–Crippen LogP) is 2.37. The Labute approximate surface area is 79.8 Å². The standard InChI is InChI=1S/C9H11NO.C2H6/c1-7(11)9-4-2-8(6-10)3-5-9;1-2/h2-5H,6,10H2,1H3;1-2H3. The largest absolute Gasteiger partial charge is 0.326 e. The number of rotatable bonds is 2. The van der Waals surface area contributed by atoms with Crippen molar-refractivity contribution in [1.82, 2.24) is 0 Å². The number of hydrogen-bond acceptors (Lipinski definition) is 2. The summed E-state index contributed by atoms with van der Waals surface area (Å²) in [6, 6.07) is 7.34. The number of nitrogens with two attached hydrogens (primary N) is 1. The molecule has 0 bridgehead atoms. The zero-order valence-electron chi connectivity index (χ0n) is 8.50. The highest BCUT2D eigenvalue weighted by Crippen LogP contribution is 2.03. The molecule has 2 N–H and O–H groups in total. The van der Waals surface area contributed by atoms with Gasteiger partial charge in [0.05, 0.1) is 0 Å². The number of carbonyl (C=O) groups excluding carboxylic acids is 1. The molecule has 0 saturated heterocycles. The van der Waals surface area contributed by atoms with Gasteiger partial charge < -0.3 is 5.73 Å². The van der Waals surface area contributed by atoms with Crippen molar-refractivity contribution in [2.45, 2.75) is 27.3 Å². The molecule has 1 aromatic rings. The van der Waals surface area contributed by atoms with E-state index >= 15 is 0 Å². The van der Waals surface area contributed by atoms with Gasteiger partial charge in [-0.15, -0.1) is 0 Å². The normalized spacial score (nSPS) is 8.62. The maximum absolute atomic E-state index is 10.8. The smallest absolute Gasteiger partial charge is 0.159 e. The van der Waals surface area contributed by atoms with Crippen molar-refractivity contribution in [2.75, 3.05) is 0 Å². The summed E-state index contributed by atoms with van der Waals surface area (Å²) in [5, 5.41) is 0. The fourth-order valence-electron chi connectivity index (χ4n) is 0.876. The average molecular weight is 179 g/mol. The van der Waals surface area contributed by atoms with Gasteiger partial charge in [-0.2, -0.15) is 0 Å². The van der Waals surface area contributed by atoms with Gasteiger partial charge in [0.2, 0.25) is 0 Å². The van der Waals surface area contributed by atoms with Gasteiger partial charge in [-0.25, -0.2) is 0 Å². The average Bonchev–Trinajstić information content (AvgIpc) is 2.21. The summed E-state index contributed by atoms with van der Waals surface area (Å²) >= 11 is 0. The minimum Gasteiger partial charge on any atom is -0.326 e. The fourth-order valence-corrected chi connectivity index (χ4v) is 0.876. The minimum absolute atomic E-state index is 0.0913. The van der Waals surface area contributed by atoms with E-state index in [9.17, 15) is 4.79 Å². The van der Waals surface area contributed by atoms with Gasteiger partial charge in [0.1, 0.15) is 0 Å². The molecule has 0 saturated carbocycles. The maximum Gasteiger partial charge on any atom is 0.159 e. The molecule has 2 heteroatoms. The highest BCUT2D eigenvalue weighted by atomic mass is 16.1. The van der Waals surface area contributed by atoms with Crippen LogP contribution in [0.5, 0.6) is 0 Å². The van der Waals surface area contributed by atoms with Gasteiger partial charge in [-0.3, -0.25) is 4.79 Å². The summed E-state index contributed by atoms with van der Waals surface area (Å²) < 4.78 is 0. The third-order valence-electron chi connectivity index (χ3n) is 1.60. The van der Waals surface area contributed by atoms with E-state index in [2.05, 4.69) is 0 Å². The van der Waals surface area contributed by atoms with Crippen LogP contribution in [0.2, 0.25) is 0 Å². The highest BCUT2D eigenvalue weighted by molar-refractivity contribution is 5.93. The molecule has 0 aliphatic carbocycles. The topological polar surface area (TPSA) is 43.1 Å². The molecule has 0 fully saturated rings. The van der Waals surface area contributed by atoms with Crippen molar-refractivity contribution in [3.05, 3.63) is 35.4 Å². The predicted molar refractivity (Wildman–Crippen MR) is 55.7 cm³/mol. The number of carbonyl (C=O) groups is 1. The van der Waals surface area contributed by atoms with Gasteiger partial charge >= 0.3 is 0 Å². The second-order valence-electron chi connectivity index (χ2n) is 2.46. The maximum atomic E-state index is 10.8. The molecule has 0 heterocycles. The molecule has 0 aromatic heterocycles. The van der Waals surface area contributed by atoms with Crippen LogP contribution in [-0.2, 0) is 6.54 Å².